The van der Waals surface area contributed by atoms with Crippen molar-refractivity contribution in [3.8, 4) is 0 Å². The molecule has 9 heteroatoms. The number of hydrogen-bond acceptors (Lipinski definition) is 4. The molecular weight excluding hydrogens is 369 g/mol. The van der Waals surface area contributed by atoms with Crippen LogP contribution in [-0.4, -0.2) is 48.9 Å². The zero-order valence-corrected chi connectivity index (χ0v) is 16.7. The molecule has 0 N–H and O–H groups in total. The van der Waals surface area contributed by atoms with E-state index in [1.54, 1.807) is 24.3 Å². The van der Waals surface area contributed by atoms with Gasteiger partial charge in [-0.3, -0.25) is 4.90 Å². The number of likely N-dealkylation sites (tertiary alicyclic amines) is 1. The predicted molar refractivity (Wildman–Crippen MR) is 105 cm³/mol. The van der Waals surface area contributed by atoms with Crippen molar-refractivity contribution in [2.24, 2.45) is 5.11 Å². The van der Waals surface area contributed by atoms with E-state index in [1.165, 1.54) is 0 Å². The third-order valence-electron chi connectivity index (χ3n) is 5.48. The molecule has 144 valence electrons. The fourth-order valence-corrected chi connectivity index (χ4v) is 3.21. The molecule has 0 amide bonds. The highest BCUT2D eigenvalue weighted by molar-refractivity contribution is 6.55. The van der Waals surface area contributed by atoms with E-state index in [1.807, 2.05) is 32.6 Å². The maximum absolute atomic E-state index is 15.5. The van der Waals surface area contributed by atoms with Crippen LogP contribution in [0.3, 0.4) is 0 Å². The van der Waals surface area contributed by atoms with Crippen LogP contribution >= 0.6 is 11.6 Å². The summed E-state index contributed by atoms with van der Waals surface area (Å²) >= 11 is 5.98. The second-order valence-electron chi connectivity index (χ2n) is 7.97. The van der Waals surface area contributed by atoms with Crippen molar-refractivity contribution in [2.75, 3.05) is 19.6 Å². The summed E-state index contributed by atoms with van der Waals surface area (Å²) in [6, 6.07) is 6.96. The molecule has 0 unspecified atom stereocenters. The first-order chi connectivity index (χ1) is 12.6. The number of rotatable bonds is 5. The van der Waals surface area contributed by atoms with Gasteiger partial charge in [0.05, 0.1) is 17.2 Å². The van der Waals surface area contributed by atoms with Gasteiger partial charge in [0.25, 0.3) is 0 Å². The van der Waals surface area contributed by atoms with Crippen molar-refractivity contribution in [1.29, 1.82) is 0 Å². The largest absolute Gasteiger partial charge is 0.525 e. The van der Waals surface area contributed by atoms with Crippen LogP contribution in [0.4, 0.5) is 4.39 Å². The van der Waals surface area contributed by atoms with Crippen molar-refractivity contribution in [3.63, 3.8) is 0 Å². The minimum Gasteiger partial charge on any atom is -0.398 e. The summed E-state index contributed by atoms with van der Waals surface area (Å²) in [5.74, 6) is 0. The second kappa shape index (κ2) is 7.45. The van der Waals surface area contributed by atoms with Gasteiger partial charge in [0.1, 0.15) is 5.73 Å². The molecular formula is C18H23BClFN4O2. The van der Waals surface area contributed by atoms with E-state index in [2.05, 4.69) is 10.0 Å². The summed E-state index contributed by atoms with van der Waals surface area (Å²) < 4.78 is 27.3. The maximum atomic E-state index is 15.5. The smallest absolute Gasteiger partial charge is 0.398 e. The van der Waals surface area contributed by atoms with Crippen LogP contribution in [0.2, 0.25) is 5.02 Å². The summed E-state index contributed by atoms with van der Waals surface area (Å²) in [7, 11) is -1.06. The van der Waals surface area contributed by atoms with Crippen LogP contribution in [0.15, 0.2) is 35.1 Å². The van der Waals surface area contributed by atoms with Crippen LogP contribution in [0.1, 0.15) is 33.3 Å². The van der Waals surface area contributed by atoms with Gasteiger partial charge in [-0.05, 0) is 50.9 Å². The molecule has 0 aromatic heterocycles. The summed E-state index contributed by atoms with van der Waals surface area (Å²) in [6.07, 6.45) is 0. The highest BCUT2D eigenvalue weighted by Gasteiger charge is 2.53. The van der Waals surface area contributed by atoms with Gasteiger partial charge in [-0.25, -0.2) is 4.39 Å². The topological polar surface area (TPSA) is 70.5 Å². The lowest BCUT2D eigenvalue weighted by Crippen LogP contribution is -2.50. The molecule has 0 spiro atoms. The van der Waals surface area contributed by atoms with E-state index in [0.717, 1.165) is 5.56 Å². The van der Waals surface area contributed by atoms with Crippen LogP contribution in [0.25, 0.3) is 16.0 Å². The van der Waals surface area contributed by atoms with Crippen LogP contribution in [0.5, 0.6) is 0 Å². The Hall–Kier alpha value is -1.57. The summed E-state index contributed by atoms with van der Waals surface area (Å²) in [5.41, 5.74) is 8.06. The predicted octanol–water partition coefficient (Wildman–Crippen LogP) is 4.65. The second-order valence-corrected chi connectivity index (χ2v) is 8.41. The van der Waals surface area contributed by atoms with E-state index < -0.39 is 24.0 Å². The Bertz CT molecular complexity index is 771. The fourth-order valence-electron chi connectivity index (χ4n) is 3.09. The van der Waals surface area contributed by atoms with E-state index in [9.17, 15) is 0 Å². The highest BCUT2D eigenvalue weighted by atomic mass is 35.5. The van der Waals surface area contributed by atoms with Gasteiger partial charge in [0, 0.05) is 35.1 Å². The molecule has 6 nitrogen and oxygen atoms in total. The first-order valence-corrected chi connectivity index (χ1v) is 9.27. The molecule has 2 saturated heterocycles. The number of nitrogens with zero attached hydrogens (tertiary/aromatic N) is 4. The van der Waals surface area contributed by atoms with Crippen molar-refractivity contribution in [1.82, 2.24) is 4.90 Å². The Morgan fingerprint density at radius 1 is 1.26 bits per heavy atom. The van der Waals surface area contributed by atoms with E-state index in [-0.39, 0.29) is 6.04 Å². The zero-order valence-electron chi connectivity index (χ0n) is 15.9. The Labute approximate surface area is 164 Å². The summed E-state index contributed by atoms with van der Waals surface area (Å²) in [6.45, 7) is 9.12. The standard InChI is InChI=1S/C18H23BClFN4O2/c1-17(2)18(3,4)27-19(26-17)16(21)15(12-5-7-13(20)8-6-12)11-25-9-14(10-25)23-24-22/h5-8,14H,9-11H2,1-4H3. The van der Waals surface area contributed by atoms with Crippen LogP contribution in [-0.2, 0) is 9.31 Å². The lowest BCUT2D eigenvalue weighted by atomic mass is 9.82. The lowest BCUT2D eigenvalue weighted by Gasteiger charge is -2.37. The van der Waals surface area contributed by atoms with Crippen molar-refractivity contribution >= 4 is 24.3 Å². The first-order valence-electron chi connectivity index (χ1n) is 8.89. The van der Waals surface area contributed by atoms with E-state index in [0.29, 0.717) is 30.2 Å². The minimum atomic E-state index is -1.06. The number of hydrogen-bond donors (Lipinski definition) is 0. The molecule has 1 aromatic rings. The average molecular weight is 393 g/mol. The molecule has 2 aliphatic rings. The Morgan fingerprint density at radius 3 is 2.33 bits per heavy atom. The van der Waals surface area contributed by atoms with Gasteiger partial charge in [-0.15, -0.1) is 0 Å². The Morgan fingerprint density at radius 2 is 1.81 bits per heavy atom. The van der Waals surface area contributed by atoms with Gasteiger partial charge < -0.3 is 9.31 Å². The fraction of sp³-hybridized carbons (Fsp3) is 0.556. The Balaban J connectivity index is 1.88. The van der Waals surface area contributed by atoms with Gasteiger partial charge in [-0.2, -0.15) is 0 Å². The SMILES string of the molecule is CC1(C)OB(C(F)=C(CN2CC(N=[N+]=[N-])C2)c2ccc(Cl)cc2)OC1(C)C. The zero-order chi connectivity index (χ0) is 19.8. The normalized spacial score (nSPS) is 22.8. The third kappa shape index (κ3) is 4.15. The molecule has 0 saturated carbocycles. The number of azide groups is 1. The minimum absolute atomic E-state index is 0.0682. The summed E-state index contributed by atoms with van der Waals surface area (Å²) in [5, 5.41) is 4.28. The van der Waals surface area contributed by atoms with Crippen molar-refractivity contribution < 1.29 is 13.7 Å². The van der Waals surface area contributed by atoms with Gasteiger partial charge in [0.15, 0.2) is 0 Å². The van der Waals surface area contributed by atoms with E-state index >= 15 is 4.39 Å². The molecule has 2 aliphatic heterocycles. The molecule has 0 aliphatic carbocycles. The lowest BCUT2D eigenvalue weighted by molar-refractivity contribution is 0.00578. The molecule has 2 fully saturated rings. The van der Waals surface area contributed by atoms with Gasteiger partial charge >= 0.3 is 7.12 Å². The van der Waals surface area contributed by atoms with Crippen LogP contribution < -0.4 is 0 Å². The first kappa shape index (κ1) is 20.2. The summed E-state index contributed by atoms with van der Waals surface area (Å²) in [4.78, 5) is 4.85. The highest BCUT2D eigenvalue weighted by Crippen LogP contribution is 2.40. The van der Waals surface area contributed by atoms with Gasteiger partial charge in [-0.1, -0.05) is 28.8 Å². The molecule has 0 radical (unpaired) electrons. The number of benzene rings is 1. The van der Waals surface area contributed by atoms with Gasteiger partial charge in [0.2, 0.25) is 0 Å². The van der Waals surface area contributed by atoms with Crippen LogP contribution in [0, 0.1) is 0 Å². The third-order valence-corrected chi connectivity index (χ3v) is 5.73. The molecule has 1 aromatic carbocycles. The van der Waals surface area contributed by atoms with Crippen molar-refractivity contribution in [2.45, 2.75) is 44.9 Å². The Kier molecular flexibility index (Phi) is 5.57. The molecule has 3 rings (SSSR count). The molecule has 27 heavy (non-hydrogen) atoms. The molecule has 0 atom stereocenters. The average Bonchev–Trinajstić information content (AvgIpc) is 2.78. The quantitative estimate of drug-likeness (QED) is 0.317. The van der Waals surface area contributed by atoms with E-state index in [4.69, 9.17) is 26.4 Å². The molecule has 2 heterocycles. The molecule has 0 bridgehead atoms. The maximum Gasteiger partial charge on any atom is 0.525 e. The monoisotopic (exact) mass is 392 g/mol. The van der Waals surface area contributed by atoms with Crippen molar-refractivity contribution in [3.05, 3.63) is 51.0 Å². The number of halogens is 2.